The molecule has 0 unspecified atom stereocenters. The quantitative estimate of drug-likeness (QED) is 0.827. The largest absolute Gasteiger partial charge is 0.493 e. The van der Waals surface area contributed by atoms with E-state index in [2.05, 4.69) is 0 Å². The Morgan fingerprint density at radius 1 is 1.06 bits per heavy atom. The Morgan fingerprint density at radius 2 is 1.69 bits per heavy atom. The van der Waals surface area contributed by atoms with Crippen molar-refractivity contribution in [1.82, 2.24) is 0 Å². The second-order valence-corrected chi connectivity index (χ2v) is 3.67. The summed E-state index contributed by atoms with van der Waals surface area (Å²) in [5, 5.41) is 0. The van der Waals surface area contributed by atoms with Crippen LogP contribution in [0.1, 0.15) is 12.5 Å². The van der Waals surface area contributed by atoms with Crippen LogP contribution in [-0.2, 0) is 6.42 Å². The Morgan fingerprint density at radius 3 is 2.12 bits per heavy atom. The van der Waals surface area contributed by atoms with Gasteiger partial charge in [-0.2, -0.15) is 0 Å². The number of nitrogens with two attached hydrogens (primary N) is 1. The molecule has 1 rings (SSSR count). The van der Waals surface area contributed by atoms with Crippen molar-refractivity contribution in [3.8, 4) is 17.2 Å². The van der Waals surface area contributed by atoms with Gasteiger partial charge < -0.3 is 19.9 Å². The van der Waals surface area contributed by atoms with Crippen LogP contribution in [0, 0.1) is 0 Å². The van der Waals surface area contributed by atoms with Crippen molar-refractivity contribution in [1.29, 1.82) is 0 Å². The predicted octanol–water partition coefficient (Wildman–Crippen LogP) is 1.60. The third kappa shape index (κ3) is 2.58. The lowest BCUT2D eigenvalue weighted by Gasteiger charge is -2.16. The van der Waals surface area contributed by atoms with Crippen molar-refractivity contribution >= 4 is 0 Å². The Labute approximate surface area is 96.3 Å². The molecule has 0 spiro atoms. The van der Waals surface area contributed by atoms with Crippen LogP contribution in [0.3, 0.4) is 0 Å². The fourth-order valence-corrected chi connectivity index (χ4v) is 1.67. The summed E-state index contributed by atoms with van der Waals surface area (Å²) in [4.78, 5) is 0. The molecule has 1 aromatic rings. The van der Waals surface area contributed by atoms with Crippen LogP contribution in [-0.4, -0.2) is 27.4 Å². The molecule has 0 amide bonds. The molecule has 0 aliphatic carbocycles. The second-order valence-electron chi connectivity index (χ2n) is 3.67. The van der Waals surface area contributed by atoms with E-state index in [1.807, 2.05) is 19.1 Å². The van der Waals surface area contributed by atoms with Crippen LogP contribution in [0.5, 0.6) is 17.2 Å². The number of methoxy groups -OCH3 is 3. The standard InChI is InChI=1S/C12H19NO3/c1-8(13)7-9-5-6-10(14-2)12(16-4)11(9)15-3/h5-6,8H,7,13H2,1-4H3/t8-/m0/s1. The van der Waals surface area contributed by atoms with E-state index in [1.165, 1.54) is 0 Å². The van der Waals surface area contributed by atoms with E-state index in [4.69, 9.17) is 19.9 Å². The Bertz CT molecular complexity index is 350. The van der Waals surface area contributed by atoms with Gasteiger partial charge in [-0.1, -0.05) is 6.07 Å². The van der Waals surface area contributed by atoms with E-state index in [1.54, 1.807) is 21.3 Å². The Balaban J connectivity index is 3.20. The maximum atomic E-state index is 5.78. The average molecular weight is 225 g/mol. The predicted molar refractivity (Wildman–Crippen MR) is 63.5 cm³/mol. The van der Waals surface area contributed by atoms with E-state index >= 15 is 0 Å². The van der Waals surface area contributed by atoms with Gasteiger partial charge in [-0.05, 0) is 25.0 Å². The zero-order chi connectivity index (χ0) is 12.1. The zero-order valence-electron chi connectivity index (χ0n) is 10.2. The second kappa shape index (κ2) is 5.61. The molecule has 0 fully saturated rings. The molecule has 16 heavy (non-hydrogen) atoms. The summed E-state index contributed by atoms with van der Waals surface area (Å²) in [7, 11) is 4.81. The first-order valence-electron chi connectivity index (χ1n) is 5.17. The normalized spacial score (nSPS) is 12.1. The molecule has 90 valence electrons. The van der Waals surface area contributed by atoms with E-state index in [9.17, 15) is 0 Å². The van der Waals surface area contributed by atoms with Crippen molar-refractivity contribution in [3.05, 3.63) is 17.7 Å². The van der Waals surface area contributed by atoms with Crippen LogP contribution in [0.2, 0.25) is 0 Å². The lowest BCUT2D eigenvalue weighted by molar-refractivity contribution is 0.322. The minimum atomic E-state index is 0.0759. The summed E-state index contributed by atoms with van der Waals surface area (Å²) in [5.74, 6) is 1.97. The third-order valence-corrected chi connectivity index (χ3v) is 2.33. The minimum Gasteiger partial charge on any atom is -0.493 e. The monoisotopic (exact) mass is 225 g/mol. The number of hydrogen-bond acceptors (Lipinski definition) is 4. The first kappa shape index (κ1) is 12.6. The molecule has 0 heterocycles. The molecular formula is C12H19NO3. The smallest absolute Gasteiger partial charge is 0.203 e. The van der Waals surface area contributed by atoms with E-state index < -0.39 is 0 Å². The van der Waals surface area contributed by atoms with Gasteiger partial charge in [0.15, 0.2) is 11.5 Å². The molecule has 1 atom stereocenters. The van der Waals surface area contributed by atoms with Gasteiger partial charge >= 0.3 is 0 Å². The highest BCUT2D eigenvalue weighted by atomic mass is 16.5. The topological polar surface area (TPSA) is 53.7 Å². The van der Waals surface area contributed by atoms with E-state index in [0.29, 0.717) is 17.2 Å². The van der Waals surface area contributed by atoms with Gasteiger partial charge in [0.2, 0.25) is 5.75 Å². The molecule has 0 aromatic heterocycles. The summed E-state index contributed by atoms with van der Waals surface area (Å²) < 4.78 is 15.8. The van der Waals surface area contributed by atoms with Gasteiger partial charge in [-0.3, -0.25) is 0 Å². The number of benzene rings is 1. The Kier molecular flexibility index (Phi) is 4.43. The molecule has 0 aliphatic rings. The highest BCUT2D eigenvalue weighted by molar-refractivity contribution is 5.55. The molecule has 4 nitrogen and oxygen atoms in total. The first-order chi connectivity index (χ1) is 7.63. The zero-order valence-corrected chi connectivity index (χ0v) is 10.2. The van der Waals surface area contributed by atoms with Crippen molar-refractivity contribution in [2.24, 2.45) is 5.73 Å². The number of hydrogen-bond donors (Lipinski definition) is 1. The molecule has 2 N–H and O–H groups in total. The fourth-order valence-electron chi connectivity index (χ4n) is 1.67. The van der Waals surface area contributed by atoms with Crippen molar-refractivity contribution < 1.29 is 14.2 Å². The SMILES string of the molecule is COc1ccc(C[C@H](C)N)c(OC)c1OC. The number of rotatable bonds is 5. The third-order valence-electron chi connectivity index (χ3n) is 2.33. The molecular weight excluding hydrogens is 206 g/mol. The lowest BCUT2D eigenvalue weighted by atomic mass is 10.1. The van der Waals surface area contributed by atoms with Crippen LogP contribution in [0.15, 0.2) is 12.1 Å². The van der Waals surface area contributed by atoms with Crippen LogP contribution >= 0.6 is 0 Å². The van der Waals surface area contributed by atoms with Gasteiger partial charge in [-0.25, -0.2) is 0 Å². The highest BCUT2D eigenvalue weighted by Gasteiger charge is 2.16. The van der Waals surface area contributed by atoms with Crippen molar-refractivity contribution in [2.75, 3.05) is 21.3 Å². The van der Waals surface area contributed by atoms with Gasteiger partial charge in [0, 0.05) is 6.04 Å². The average Bonchev–Trinajstić information content (AvgIpc) is 2.27. The summed E-state index contributed by atoms with van der Waals surface area (Å²) >= 11 is 0. The highest BCUT2D eigenvalue weighted by Crippen LogP contribution is 2.39. The molecule has 0 bridgehead atoms. The van der Waals surface area contributed by atoms with Crippen LogP contribution in [0.25, 0.3) is 0 Å². The Hall–Kier alpha value is -1.42. The molecule has 4 heteroatoms. The molecule has 1 aromatic carbocycles. The molecule has 0 saturated heterocycles. The van der Waals surface area contributed by atoms with Gasteiger partial charge in [0.1, 0.15) is 0 Å². The van der Waals surface area contributed by atoms with Crippen molar-refractivity contribution in [2.45, 2.75) is 19.4 Å². The summed E-state index contributed by atoms with van der Waals surface area (Å²) in [6, 6.07) is 3.88. The molecule has 0 saturated carbocycles. The number of ether oxygens (including phenoxy) is 3. The van der Waals surface area contributed by atoms with Gasteiger partial charge in [-0.15, -0.1) is 0 Å². The molecule has 0 aliphatic heterocycles. The summed E-state index contributed by atoms with van der Waals surface area (Å²) in [6.07, 6.45) is 0.740. The molecule has 0 radical (unpaired) electrons. The van der Waals surface area contributed by atoms with Gasteiger partial charge in [0.25, 0.3) is 0 Å². The van der Waals surface area contributed by atoms with Crippen LogP contribution in [0.4, 0.5) is 0 Å². The maximum absolute atomic E-state index is 5.78. The van der Waals surface area contributed by atoms with Gasteiger partial charge in [0.05, 0.1) is 21.3 Å². The minimum absolute atomic E-state index is 0.0759. The maximum Gasteiger partial charge on any atom is 0.203 e. The first-order valence-corrected chi connectivity index (χ1v) is 5.17. The lowest BCUT2D eigenvalue weighted by Crippen LogP contribution is -2.18. The van der Waals surface area contributed by atoms with Crippen LogP contribution < -0.4 is 19.9 Å². The van der Waals surface area contributed by atoms with E-state index in [-0.39, 0.29) is 6.04 Å². The van der Waals surface area contributed by atoms with E-state index in [0.717, 1.165) is 12.0 Å². The fraction of sp³-hybridized carbons (Fsp3) is 0.500. The summed E-state index contributed by atoms with van der Waals surface area (Å²) in [5.41, 5.74) is 6.81. The summed E-state index contributed by atoms with van der Waals surface area (Å²) in [6.45, 7) is 1.95. The van der Waals surface area contributed by atoms with Crippen molar-refractivity contribution in [3.63, 3.8) is 0 Å².